The molecule has 1 heterocycles. The van der Waals surface area contributed by atoms with Crippen molar-refractivity contribution < 1.29 is 18.3 Å². The van der Waals surface area contributed by atoms with Gasteiger partial charge in [0.1, 0.15) is 5.82 Å². The molecule has 0 saturated carbocycles. The number of aliphatic carboxylic acids is 1. The molecule has 8 nitrogen and oxygen atoms in total. The van der Waals surface area contributed by atoms with E-state index in [2.05, 4.69) is 10.2 Å². The smallest absolute Gasteiger partial charge is 0.313 e. The van der Waals surface area contributed by atoms with Crippen LogP contribution in [0.5, 0.6) is 0 Å². The van der Waals surface area contributed by atoms with Gasteiger partial charge >= 0.3 is 5.97 Å². The zero-order valence-corrected chi connectivity index (χ0v) is 12.6. The van der Waals surface area contributed by atoms with E-state index in [0.29, 0.717) is 16.7 Å². The Labute approximate surface area is 125 Å². The molecule has 3 N–H and O–H groups in total. The lowest BCUT2D eigenvalue weighted by molar-refractivity contribution is -0.133. The molecule has 0 aliphatic carbocycles. The van der Waals surface area contributed by atoms with Gasteiger partial charge in [-0.1, -0.05) is 17.8 Å². The molecule has 0 fully saturated rings. The minimum absolute atomic E-state index is 0.0396. The first-order valence-electron chi connectivity index (χ1n) is 5.69. The molecule has 0 atom stereocenters. The number of hydrogen-bond donors (Lipinski definition) is 2. The van der Waals surface area contributed by atoms with Crippen LogP contribution >= 0.6 is 11.8 Å². The number of aryl methyl sites for hydroxylation is 1. The van der Waals surface area contributed by atoms with Gasteiger partial charge in [0.15, 0.2) is 5.16 Å². The van der Waals surface area contributed by atoms with Gasteiger partial charge in [0.25, 0.3) is 0 Å². The average Bonchev–Trinajstić information content (AvgIpc) is 2.76. The van der Waals surface area contributed by atoms with Crippen molar-refractivity contribution in [2.45, 2.75) is 17.0 Å². The minimum atomic E-state index is -3.82. The third-order valence-electron chi connectivity index (χ3n) is 2.52. The van der Waals surface area contributed by atoms with Gasteiger partial charge in [-0.25, -0.2) is 13.6 Å². The van der Waals surface area contributed by atoms with Crippen molar-refractivity contribution in [3.8, 4) is 5.69 Å². The van der Waals surface area contributed by atoms with Crippen LogP contribution in [0.2, 0.25) is 0 Å². The molecule has 2 rings (SSSR count). The van der Waals surface area contributed by atoms with Gasteiger partial charge in [0.05, 0.1) is 16.3 Å². The molecule has 0 spiro atoms. The summed E-state index contributed by atoms with van der Waals surface area (Å²) in [6, 6.07) is 5.97. The number of nitrogens with zero attached hydrogens (tertiary/aromatic N) is 3. The van der Waals surface area contributed by atoms with Gasteiger partial charge in [-0.05, 0) is 25.1 Å². The van der Waals surface area contributed by atoms with Crippen LogP contribution in [0.15, 0.2) is 34.3 Å². The van der Waals surface area contributed by atoms with Crippen LogP contribution in [0.3, 0.4) is 0 Å². The van der Waals surface area contributed by atoms with Gasteiger partial charge in [0.2, 0.25) is 10.0 Å². The van der Waals surface area contributed by atoms with Crippen molar-refractivity contribution in [1.82, 2.24) is 14.8 Å². The van der Waals surface area contributed by atoms with Crippen molar-refractivity contribution in [3.63, 3.8) is 0 Å². The first kappa shape index (κ1) is 15.5. The van der Waals surface area contributed by atoms with E-state index in [4.69, 9.17) is 10.2 Å². The Morgan fingerprint density at radius 3 is 2.76 bits per heavy atom. The number of carbonyl (C=O) groups is 1. The van der Waals surface area contributed by atoms with Crippen LogP contribution in [0, 0.1) is 6.92 Å². The second-order valence-electron chi connectivity index (χ2n) is 4.09. The number of thioether (sulfide) groups is 1. The summed E-state index contributed by atoms with van der Waals surface area (Å²) >= 11 is 0.993. The monoisotopic (exact) mass is 328 g/mol. The molecule has 0 unspecified atom stereocenters. The maximum Gasteiger partial charge on any atom is 0.313 e. The fraction of sp³-hybridized carbons (Fsp3) is 0.182. The van der Waals surface area contributed by atoms with Gasteiger partial charge in [-0.2, -0.15) is 0 Å². The summed E-state index contributed by atoms with van der Waals surface area (Å²) in [6.07, 6.45) is 0. The lowest BCUT2D eigenvalue weighted by atomic mass is 10.3. The molecule has 0 aliphatic heterocycles. The number of primary sulfonamides is 1. The van der Waals surface area contributed by atoms with Gasteiger partial charge < -0.3 is 5.11 Å². The van der Waals surface area contributed by atoms with Crippen molar-refractivity contribution >= 4 is 27.8 Å². The third-order valence-corrected chi connectivity index (χ3v) is 4.35. The number of carboxylic acid groups (broad SMARTS) is 1. The van der Waals surface area contributed by atoms with Gasteiger partial charge in [-0.15, -0.1) is 10.2 Å². The topological polar surface area (TPSA) is 128 Å². The van der Waals surface area contributed by atoms with E-state index in [1.54, 1.807) is 23.6 Å². The Hall–Kier alpha value is -1.91. The van der Waals surface area contributed by atoms with Crippen molar-refractivity contribution in [1.29, 1.82) is 0 Å². The molecule has 0 radical (unpaired) electrons. The maximum atomic E-state index is 11.4. The van der Waals surface area contributed by atoms with Crippen LogP contribution in [-0.4, -0.2) is 40.0 Å². The highest BCUT2D eigenvalue weighted by Gasteiger charge is 2.15. The molecule has 2 aromatic rings. The number of nitrogens with two attached hydrogens (primary N) is 1. The van der Waals surface area contributed by atoms with E-state index in [-0.39, 0.29) is 10.6 Å². The molecule has 1 aromatic carbocycles. The Morgan fingerprint density at radius 1 is 1.43 bits per heavy atom. The zero-order valence-electron chi connectivity index (χ0n) is 10.9. The molecular weight excluding hydrogens is 316 g/mol. The number of carboxylic acids is 1. The summed E-state index contributed by atoms with van der Waals surface area (Å²) in [4.78, 5) is 10.6. The Bertz CT molecular complexity index is 785. The molecule has 21 heavy (non-hydrogen) atoms. The van der Waals surface area contributed by atoms with Crippen molar-refractivity contribution in [3.05, 3.63) is 30.1 Å². The summed E-state index contributed by atoms with van der Waals surface area (Å²) < 4.78 is 24.4. The number of aromatic nitrogens is 3. The molecule has 0 bridgehead atoms. The SMILES string of the molecule is Cc1nnc(SCC(=O)O)n1-c1cccc(S(N)(=O)=O)c1. The van der Waals surface area contributed by atoms with E-state index in [1.807, 2.05) is 0 Å². The third kappa shape index (κ3) is 3.60. The van der Waals surface area contributed by atoms with Crippen molar-refractivity contribution in [2.75, 3.05) is 5.75 Å². The Balaban J connectivity index is 2.47. The fourth-order valence-electron chi connectivity index (χ4n) is 1.66. The van der Waals surface area contributed by atoms with E-state index in [0.717, 1.165) is 11.8 Å². The normalized spacial score (nSPS) is 11.5. The first-order chi connectivity index (χ1) is 9.79. The lowest BCUT2D eigenvalue weighted by Crippen LogP contribution is -2.12. The first-order valence-corrected chi connectivity index (χ1v) is 8.22. The van der Waals surface area contributed by atoms with Crippen LogP contribution in [0.1, 0.15) is 5.82 Å². The Kier molecular flexibility index (Phi) is 4.30. The maximum absolute atomic E-state index is 11.4. The number of sulfonamides is 1. The summed E-state index contributed by atoms with van der Waals surface area (Å²) in [7, 11) is -3.82. The standard InChI is InChI=1S/C11H12N4O4S2/c1-7-13-14-11(20-6-10(16)17)15(7)8-3-2-4-9(5-8)21(12,18)19/h2-5H,6H2,1H3,(H,16,17)(H2,12,18,19). The molecular formula is C11H12N4O4S2. The second-order valence-corrected chi connectivity index (χ2v) is 6.59. The predicted molar refractivity (Wildman–Crippen MR) is 75.8 cm³/mol. The highest BCUT2D eigenvalue weighted by Crippen LogP contribution is 2.23. The van der Waals surface area contributed by atoms with Gasteiger partial charge in [0, 0.05) is 0 Å². The van der Waals surface area contributed by atoms with E-state index < -0.39 is 16.0 Å². The van der Waals surface area contributed by atoms with Crippen LogP contribution in [-0.2, 0) is 14.8 Å². The summed E-state index contributed by atoms with van der Waals surface area (Å²) in [6.45, 7) is 1.68. The molecule has 112 valence electrons. The fourth-order valence-corrected chi connectivity index (χ4v) is 2.93. The van der Waals surface area contributed by atoms with Crippen molar-refractivity contribution in [2.24, 2.45) is 5.14 Å². The minimum Gasteiger partial charge on any atom is -0.481 e. The second kappa shape index (κ2) is 5.84. The molecule has 0 amide bonds. The molecule has 0 saturated heterocycles. The van der Waals surface area contributed by atoms with E-state index >= 15 is 0 Å². The summed E-state index contributed by atoms with van der Waals surface area (Å²) in [5.41, 5.74) is 0.497. The largest absolute Gasteiger partial charge is 0.481 e. The van der Waals surface area contributed by atoms with Crippen LogP contribution in [0.25, 0.3) is 5.69 Å². The van der Waals surface area contributed by atoms with Gasteiger partial charge in [-0.3, -0.25) is 9.36 Å². The average molecular weight is 328 g/mol. The number of benzene rings is 1. The number of rotatable bonds is 5. The molecule has 10 heteroatoms. The molecule has 1 aromatic heterocycles. The quantitative estimate of drug-likeness (QED) is 0.760. The highest BCUT2D eigenvalue weighted by atomic mass is 32.2. The zero-order chi connectivity index (χ0) is 15.6. The Morgan fingerprint density at radius 2 is 2.14 bits per heavy atom. The van der Waals surface area contributed by atoms with Crippen LogP contribution < -0.4 is 5.14 Å². The predicted octanol–water partition coefficient (Wildman–Crippen LogP) is 0.400. The molecule has 0 aliphatic rings. The van der Waals surface area contributed by atoms with E-state index in [9.17, 15) is 13.2 Å². The summed E-state index contributed by atoms with van der Waals surface area (Å²) in [5.74, 6) is -0.646. The lowest BCUT2D eigenvalue weighted by Gasteiger charge is -2.09. The van der Waals surface area contributed by atoms with E-state index in [1.165, 1.54) is 12.1 Å². The highest BCUT2D eigenvalue weighted by molar-refractivity contribution is 7.99. The number of hydrogen-bond acceptors (Lipinski definition) is 6. The summed E-state index contributed by atoms with van der Waals surface area (Å²) in [5, 5.41) is 22.0. The van der Waals surface area contributed by atoms with Crippen LogP contribution in [0.4, 0.5) is 0 Å².